The second kappa shape index (κ2) is 34.4. The van der Waals surface area contributed by atoms with Crippen LogP contribution in [0.15, 0.2) is 48.6 Å². The monoisotopic (exact) mass is 719 g/mol. The minimum Gasteiger partial charge on any atom is -0.477 e. The van der Waals surface area contributed by atoms with Crippen molar-refractivity contribution >= 4 is 17.9 Å². The lowest BCUT2D eigenvalue weighted by molar-refractivity contribution is -0.887. The summed E-state index contributed by atoms with van der Waals surface area (Å²) in [6.45, 7) is 4.49. The first kappa shape index (κ1) is 48.3. The Balaban J connectivity index is 4.23. The van der Waals surface area contributed by atoms with Crippen LogP contribution in [0, 0.1) is 0 Å². The summed E-state index contributed by atoms with van der Waals surface area (Å²) in [5, 5.41) is 9.56. The van der Waals surface area contributed by atoms with Crippen LogP contribution in [0.25, 0.3) is 0 Å². The lowest BCUT2D eigenvalue weighted by atomic mass is 10.1. The maximum Gasteiger partial charge on any atom is 0.362 e. The number of nitrogens with zero attached hydrogens (tertiary/aromatic N) is 1. The van der Waals surface area contributed by atoms with E-state index in [1.165, 1.54) is 83.5 Å². The van der Waals surface area contributed by atoms with Crippen molar-refractivity contribution in [2.24, 2.45) is 0 Å². The largest absolute Gasteiger partial charge is 0.477 e. The van der Waals surface area contributed by atoms with Gasteiger partial charge in [0.25, 0.3) is 0 Å². The van der Waals surface area contributed by atoms with E-state index in [0.29, 0.717) is 19.3 Å². The van der Waals surface area contributed by atoms with Gasteiger partial charge in [0.05, 0.1) is 34.4 Å². The Morgan fingerprint density at radius 1 is 0.627 bits per heavy atom. The summed E-state index contributed by atoms with van der Waals surface area (Å²) in [5.74, 6) is -1.57. The molecule has 0 fully saturated rings. The number of unbranched alkanes of at least 4 members (excludes halogenated alkanes) is 14. The molecule has 8 heteroatoms. The number of ether oxygens (including phenoxy) is 3. The Hall–Kier alpha value is -2.71. The van der Waals surface area contributed by atoms with E-state index in [9.17, 15) is 19.5 Å². The molecule has 0 heterocycles. The molecule has 0 spiro atoms. The number of aliphatic carboxylic acids is 1. The fraction of sp³-hybridized carbons (Fsp3) is 0.744. The Bertz CT molecular complexity index is 979. The number of hydrogen-bond donors (Lipinski definition) is 1. The van der Waals surface area contributed by atoms with E-state index in [1.807, 2.05) is 33.3 Å². The number of rotatable bonds is 35. The summed E-state index contributed by atoms with van der Waals surface area (Å²) in [4.78, 5) is 36.6. The Labute approximate surface area is 312 Å². The third-order valence-electron chi connectivity index (χ3n) is 8.75. The zero-order valence-electron chi connectivity index (χ0n) is 33.3. The van der Waals surface area contributed by atoms with E-state index in [2.05, 4.69) is 50.3 Å². The zero-order chi connectivity index (χ0) is 37.8. The summed E-state index contributed by atoms with van der Waals surface area (Å²) in [5.41, 5.74) is 0. The quantitative estimate of drug-likeness (QED) is 0.0229. The summed E-state index contributed by atoms with van der Waals surface area (Å²) in [6.07, 6.45) is 39.1. The van der Waals surface area contributed by atoms with Gasteiger partial charge in [-0.15, -0.1) is 0 Å². The number of quaternary nitrogens is 1. The van der Waals surface area contributed by atoms with Gasteiger partial charge in [0.2, 0.25) is 0 Å². The van der Waals surface area contributed by atoms with Gasteiger partial charge in [0, 0.05) is 19.3 Å². The summed E-state index contributed by atoms with van der Waals surface area (Å²) >= 11 is 0. The van der Waals surface area contributed by atoms with Crippen molar-refractivity contribution in [1.82, 2.24) is 0 Å². The van der Waals surface area contributed by atoms with Crippen molar-refractivity contribution in [2.75, 3.05) is 41.0 Å². The molecule has 1 N–H and O–H groups in total. The van der Waals surface area contributed by atoms with Gasteiger partial charge >= 0.3 is 17.9 Å². The van der Waals surface area contributed by atoms with Gasteiger partial charge in [0.15, 0.2) is 12.1 Å². The molecular formula is C43H76NO7+. The maximum absolute atomic E-state index is 12.5. The number of carboxylic acids is 1. The molecule has 0 amide bonds. The van der Waals surface area contributed by atoms with Crippen LogP contribution in [0.4, 0.5) is 0 Å². The van der Waals surface area contributed by atoms with Crippen LogP contribution in [-0.4, -0.2) is 80.6 Å². The van der Waals surface area contributed by atoms with Crippen LogP contribution >= 0.6 is 0 Å². The van der Waals surface area contributed by atoms with Crippen molar-refractivity contribution in [3.8, 4) is 0 Å². The van der Waals surface area contributed by atoms with Crippen LogP contribution in [0.1, 0.15) is 155 Å². The lowest BCUT2D eigenvalue weighted by Crippen LogP contribution is -2.50. The molecule has 0 aromatic rings. The first-order valence-corrected chi connectivity index (χ1v) is 20.2. The number of carbonyl (C=O) groups is 3. The van der Waals surface area contributed by atoms with E-state index in [-0.39, 0.29) is 42.7 Å². The molecule has 0 aliphatic carbocycles. The van der Waals surface area contributed by atoms with E-state index in [0.717, 1.165) is 32.1 Å². The Morgan fingerprint density at radius 3 is 1.76 bits per heavy atom. The number of carbonyl (C=O) groups excluding carboxylic acids is 2. The molecular weight excluding hydrogens is 642 g/mol. The van der Waals surface area contributed by atoms with E-state index >= 15 is 0 Å². The molecule has 0 aromatic heterocycles. The third kappa shape index (κ3) is 32.9. The molecule has 0 saturated heterocycles. The minimum absolute atomic E-state index is 0.0358. The molecule has 0 aliphatic heterocycles. The van der Waals surface area contributed by atoms with Crippen molar-refractivity contribution in [3.63, 3.8) is 0 Å². The van der Waals surface area contributed by atoms with Gasteiger partial charge in [-0.3, -0.25) is 9.59 Å². The van der Waals surface area contributed by atoms with Gasteiger partial charge < -0.3 is 23.8 Å². The Morgan fingerprint density at radius 2 is 1.20 bits per heavy atom. The number of carboxylic acid groups (broad SMARTS) is 1. The predicted molar refractivity (Wildman–Crippen MR) is 211 cm³/mol. The van der Waals surface area contributed by atoms with Crippen molar-refractivity contribution in [1.29, 1.82) is 0 Å². The van der Waals surface area contributed by atoms with Gasteiger partial charge in [-0.25, -0.2) is 4.79 Å². The molecule has 0 aromatic carbocycles. The highest BCUT2D eigenvalue weighted by atomic mass is 16.6. The topological polar surface area (TPSA) is 99.1 Å². The number of likely N-dealkylation sites (N-methyl/N-ethyl adjacent to an activating group) is 1. The fourth-order valence-electron chi connectivity index (χ4n) is 5.61. The summed E-state index contributed by atoms with van der Waals surface area (Å²) < 4.78 is 17.1. The lowest BCUT2D eigenvalue weighted by Gasteiger charge is -2.31. The molecule has 2 atom stereocenters. The highest BCUT2D eigenvalue weighted by Gasteiger charge is 2.31. The summed E-state index contributed by atoms with van der Waals surface area (Å²) in [6, 6.07) is -0.622. The first-order chi connectivity index (χ1) is 24.6. The van der Waals surface area contributed by atoms with Gasteiger partial charge in [-0.1, -0.05) is 133 Å². The van der Waals surface area contributed by atoms with Crippen LogP contribution in [0.3, 0.4) is 0 Å². The molecule has 2 unspecified atom stereocenters. The van der Waals surface area contributed by atoms with Gasteiger partial charge in [-0.05, 0) is 51.4 Å². The van der Waals surface area contributed by atoms with E-state index in [4.69, 9.17) is 14.2 Å². The van der Waals surface area contributed by atoms with Gasteiger partial charge in [-0.2, -0.15) is 0 Å². The molecule has 294 valence electrons. The van der Waals surface area contributed by atoms with Gasteiger partial charge in [0.1, 0.15) is 6.61 Å². The molecule has 0 bridgehead atoms. The fourth-order valence-corrected chi connectivity index (χ4v) is 5.61. The smallest absolute Gasteiger partial charge is 0.362 e. The highest BCUT2D eigenvalue weighted by Crippen LogP contribution is 2.13. The predicted octanol–water partition coefficient (Wildman–Crippen LogP) is 10.5. The maximum atomic E-state index is 12.5. The second-order valence-electron chi connectivity index (χ2n) is 14.5. The van der Waals surface area contributed by atoms with E-state index in [1.54, 1.807) is 0 Å². The molecule has 0 rings (SSSR count). The number of allylic oxidation sites excluding steroid dienone is 8. The second-order valence-corrected chi connectivity index (χ2v) is 14.5. The van der Waals surface area contributed by atoms with Crippen LogP contribution < -0.4 is 0 Å². The van der Waals surface area contributed by atoms with Crippen LogP contribution in [-0.2, 0) is 28.6 Å². The summed E-state index contributed by atoms with van der Waals surface area (Å²) in [7, 11) is 5.49. The SMILES string of the molecule is CC/C=C/C/C=C/CCC(=O)OC(COCCC(C(=O)O)[N+](C)(C)C)COC(=O)CCCCCCCCCCCC/C=C/C=C/CCCCCC. The molecule has 51 heavy (non-hydrogen) atoms. The molecule has 8 nitrogen and oxygen atoms in total. The number of esters is 2. The normalized spacial score (nSPS) is 13.5. The first-order valence-electron chi connectivity index (χ1n) is 20.2. The Kier molecular flexibility index (Phi) is 32.6. The molecule has 0 saturated carbocycles. The highest BCUT2D eigenvalue weighted by molar-refractivity contribution is 5.72. The van der Waals surface area contributed by atoms with Crippen molar-refractivity contribution in [2.45, 2.75) is 167 Å². The minimum atomic E-state index is -0.886. The molecule has 0 aliphatic rings. The molecule has 0 radical (unpaired) electrons. The van der Waals surface area contributed by atoms with E-state index < -0.39 is 18.1 Å². The zero-order valence-corrected chi connectivity index (χ0v) is 33.3. The third-order valence-corrected chi connectivity index (χ3v) is 8.75. The van der Waals surface area contributed by atoms with Crippen molar-refractivity contribution < 1.29 is 38.2 Å². The van der Waals surface area contributed by atoms with Crippen LogP contribution in [0.5, 0.6) is 0 Å². The number of hydrogen-bond acceptors (Lipinski definition) is 6. The van der Waals surface area contributed by atoms with Crippen LogP contribution in [0.2, 0.25) is 0 Å². The standard InChI is InChI=1S/C43H75NO7/c1-6-8-10-12-14-15-16-17-18-19-20-21-22-23-24-25-26-28-29-31-33-41(45)50-38-39(37-49-36-35-40(43(47)48)44(3,4)5)51-42(46)34-32-30-27-13-11-9-7-2/h9,11,15-18,27,30,39-40H,6-8,10,12-14,19-26,28-29,31-38H2,1-5H3/p+1/b11-9+,16-15+,18-17+,30-27+. The van der Waals surface area contributed by atoms with Crippen molar-refractivity contribution in [3.05, 3.63) is 48.6 Å². The average molecular weight is 719 g/mol. The average Bonchev–Trinajstić information content (AvgIpc) is 3.08.